The molecule has 0 aliphatic carbocycles. The Labute approximate surface area is 239 Å². The first-order chi connectivity index (χ1) is 18.0. The second-order valence-corrected chi connectivity index (χ2v) is 14.1. The zero-order valence-corrected chi connectivity index (χ0v) is 26.2. The van der Waals surface area contributed by atoms with E-state index >= 15 is 0 Å². The number of ether oxygens (including phenoxy) is 2. The van der Waals surface area contributed by atoms with Crippen molar-refractivity contribution in [1.82, 2.24) is 15.5 Å². The fraction of sp³-hybridized carbons (Fsp3) is 0.667. The maximum Gasteiger partial charge on any atom is 0.407 e. The van der Waals surface area contributed by atoms with Gasteiger partial charge in [0.1, 0.15) is 11.2 Å². The molecule has 0 fully saturated rings. The minimum Gasteiger partial charge on any atom is -0.444 e. The molecule has 0 saturated carbocycles. The van der Waals surface area contributed by atoms with Gasteiger partial charge in [-0.25, -0.2) is 9.59 Å². The lowest BCUT2D eigenvalue weighted by Crippen LogP contribution is -2.52. The lowest BCUT2D eigenvalue weighted by Gasteiger charge is -2.34. The normalized spacial score (nSPS) is 15.4. The zero-order valence-electron chi connectivity index (χ0n) is 26.2. The predicted octanol–water partition coefficient (Wildman–Crippen LogP) is 5.14. The molecule has 1 aliphatic heterocycles. The lowest BCUT2D eigenvalue weighted by atomic mass is 9.86. The molecule has 0 unspecified atom stereocenters. The number of carbonyl (C=O) groups excluding carboxylic acids is 4. The van der Waals surface area contributed by atoms with Crippen LogP contribution in [0.15, 0.2) is 24.3 Å². The summed E-state index contributed by atoms with van der Waals surface area (Å²) < 4.78 is 10.4. The van der Waals surface area contributed by atoms with Crippen molar-refractivity contribution >= 4 is 24.0 Å². The monoisotopic (exact) mass is 563 g/mol. The van der Waals surface area contributed by atoms with Gasteiger partial charge in [0.25, 0.3) is 11.8 Å². The summed E-state index contributed by atoms with van der Waals surface area (Å²) >= 11 is 0. The highest BCUT2D eigenvalue weighted by Gasteiger charge is 2.39. The molecular formula is C30H49N3O7. The second-order valence-electron chi connectivity index (χ2n) is 14.1. The highest BCUT2D eigenvalue weighted by molar-refractivity contribution is 6.21. The van der Waals surface area contributed by atoms with Gasteiger partial charge in [-0.3, -0.25) is 14.5 Å². The summed E-state index contributed by atoms with van der Waals surface area (Å²) in [5, 5.41) is 14.6. The third-order valence-electron chi connectivity index (χ3n) is 5.90. The maximum atomic E-state index is 12.5. The van der Waals surface area contributed by atoms with Gasteiger partial charge in [-0.1, -0.05) is 53.7 Å². The molecule has 0 radical (unpaired) electrons. The molecule has 2 rings (SSSR count). The van der Waals surface area contributed by atoms with E-state index in [-0.39, 0.29) is 41.8 Å². The van der Waals surface area contributed by atoms with Crippen LogP contribution in [-0.2, 0) is 9.47 Å². The van der Waals surface area contributed by atoms with Gasteiger partial charge in [0.15, 0.2) is 0 Å². The van der Waals surface area contributed by atoms with Crippen molar-refractivity contribution in [1.29, 1.82) is 0 Å². The fourth-order valence-corrected chi connectivity index (χ4v) is 3.56. The summed E-state index contributed by atoms with van der Waals surface area (Å²) in [4.78, 5) is 49.9. The summed E-state index contributed by atoms with van der Waals surface area (Å²) in [7, 11) is 0. The topological polar surface area (TPSA) is 134 Å². The number of rotatable bonds is 5. The summed E-state index contributed by atoms with van der Waals surface area (Å²) in [6.45, 7) is 22.4. The van der Waals surface area contributed by atoms with Crippen molar-refractivity contribution in [2.45, 2.75) is 106 Å². The van der Waals surface area contributed by atoms with E-state index in [0.717, 1.165) is 0 Å². The Bertz CT molecular complexity index is 1020. The molecule has 10 nitrogen and oxygen atoms in total. The van der Waals surface area contributed by atoms with E-state index < -0.39 is 29.4 Å². The number of carbonyl (C=O) groups is 4. The molecule has 1 heterocycles. The number of nitrogens with zero attached hydrogens (tertiary/aromatic N) is 1. The van der Waals surface area contributed by atoms with Gasteiger partial charge in [0.05, 0.1) is 36.4 Å². The van der Waals surface area contributed by atoms with Crippen LogP contribution in [0.5, 0.6) is 0 Å². The Morgan fingerprint density at radius 1 is 0.725 bits per heavy atom. The molecule has 1 aliphatic rings. The van der Waals surface area contributed by atoms with Crippen LogP contribution in [-0.4, -0.2) is 70.4 Å². The Hall–Kier alpha value is -3.14. The zero-order chi connectivity index (χ0) is 31.3. The van der Waals surface area contributed by atoms with Crippen LogP contribution in [0, 0.1) is 10.8 Å². The number of aliphatic hydroxyl groups is 1. The maximum absolute atomic E-state index is 12.5. The van der Waals surface area contributed by atoms with Crippen molar-refractivity contribution in [3.63, 3.8) is 0 Å². The largest absolute Gasteiger partial charge is 0.444 e. The predicted molar refractivity (Wildman–Crippen MR) is 154 cm³/mol. The van der Waals surface area contributed by atoms with Crippen LogP contribution in [0.4, 0.5) is 9.59 Å². The number of hydrogen-bond donors (Lipinski definition) is 3. The minimum atomic E-state index is -0.623. The van der Waals surface area contributed by atoms with Crippen LogP contribution >= 0.6 is 0 Å². The smallest absolute Gasteiger partial charge is 0.407 e. The van der Waals surface area contributed by atoms with Crippen LogP contribution < -0.4 is 10.6 Å². The minimum absolute atomic E-state index is 0.0924. The van der Waals surface area contributed by atoms with Gasteiger partial charge in [0.2, 0.25) is 0 Å². The number of aliphatic hydroxyl groups excluding tert-OH is 1. The fourth-order valence-electron chi connectivity index (χ4n) is 3.56. The number of fused-ring (bicyclic) bond motifs is 1. The summed E-state index contributed by atoms with van der Waals surface area (Å²) in [5.74, 6) is -0.665. The summed E-state index contributed by atoms with van der Waals surface area (Å²) in [6.07, 6.45) is -1.06. The molecule has 226 valence electrons. The molecule has 0 saturated heterocycles. The first-order valence-corrected chi connectivity index (χ1v) is 13.5. The summed E-state index contributed by atoms with van der Waals surface area (Å²) in [5.41, 5.74) is -0.892. The van der Waals surface area contributed by atoms with Crippen LogP contribution in [0.25, 0.3) is 0 Å². The molecule has 4 amide bonds. The van der Waals surface area contributed by atoms with E-state index in [1.165, 1.54) is 4.90 Å². The van der Waals surface area contributed by atoms with Crippen molar-refractivity contribution in [2.75, 3.05) is 13.2 Å². The Balaban J connectivity index is 0.000000459. The summed E-state index contributed by atoms with van der Waals surface area (Å²) in [6, 6.07) is 6.00. The number of imide groups is 1. The van der Waals surface area contributed by atoms with Crippen molar-refractivity contribution in [2.24, 2.45) is 10.8 Å². The van der Waals surface area contributed by atoms with Crippen LogP contribution in [0.2, 0.25) is 0 Å². The van der Waals surface area contributed by atoms with Gasteiger partial charge in [-0.15, -0.1) is 0 Å². The average molecular weight is 564 g/mol. The number of benzene rings is 1. The SMILES string of the molecule is CC(C)(C)OC(=O)N[C@H](CN1C(=O)c2ccccc2C1=O)C(C)(C)C.CC(C)(C)OC(=O)N[C@H](CO)C(C)(C)C. The third kappa shape index (κ3) is 11.2. The van der Waals surface area contributed by atoms with Gasteiger partial charge in [-0.2, -0.15) is 0 Å². The standard InChI is InChI=1S/C19H26N2O4.C11H23NO3/c1-18(2,3)14(20-17(24)25-19(4,5)6)11-21-15(22)12-9-7-8-10-13(12)16(21)23;1-10(2,3)8(7-13)12-9(14)15-11(4,5)6/h7-10,14H,11H2,1-6H3,(H,20,24);8,13H,7H2,1-6H3,(H,12,14)/t14-;8-/m11/s1. The molecule has 3 N–H and O–H groups in total. The second kappa shape index (κ2) is 13.0. The number of hydrogen-bond acceptors (Lipinski definition) is 7. The highest BCUT2D eigenvalue weighted by Crippen LogP contribution is 2.27. The molecule has 2 atom stereocenters. The molecule has 0 aromatic heterocycles. The van der Waals surface area contributed by atoms with E-state index in [2.05, 4.69) is 10.6 Å². The van der Waals surface area contributed by atoms with Crippen molar-refractivity contribution < 1.29 is 33.8 Å². The third-order valence-corrected chi connectivity index (χ3v) is 5.90. The van der Waals surface area contributed by atoms with Gasteiger partial charge in [0, 0.05) is 0 Å². The Kier molecular flexibility index (Phi) is 11.4. The van der Waals surface area contributed by atoms with Gasteiger partial charge >= 0.3 is 12.2 Å². The molecule has 1 aromatic carbocycles. The van der Waals surface area contributed by atoms with E-state index in [1.807, 2.05) is 41.5 Å². The molecule has 0 bridgehead atoms. The highest BCUT2D eigenvalue weighted by atomic mass is 16.6. The molecule has 1 aromatic rings. The number of amides is 4. The first kappa shape index (κ1) is 34.9. The Morgan fingerprint density at radius 2 is 1.07 bits per heavy atom. The van der Waals surface area contributed by atoms with Crippen LogP contribution in [0.1, 0.15) is 104 Å². The molecule has 10 heteroatoms. The molecular weight excluding hydrogens is 514 g/mol. The van der Waals surface area contributed by atoms with E-state index in [0.29, 0.717) is 11.1 Å². The van der Waals surface area contributed by atoms with Gasteiger partial charge < -0.3 is 25.2 Å². The van der Waals surface area contributed by atoms with Crippen LogP contribution in [0.3, 0.4) is 0 Å². The van der Waals surface area contributed by atoms with E-state index in [1.54, 1.807) is 65.8 Å². The number of alkyl carbamates (subject to hydrolysis) is 2. The number of nitrogens with one attached hydrogen (secondary N) is 2. The Morgan fingerprint density at radius 3 is 1.38 bits per heavy atom. The van der Waals surface area contributed by atoms with E-state index in [4.69, 9.17) is 14.6 Å². The molecule has 40 heavy (non-hydrogen) atoms. The van der Waals surface area contributed by atoms with Gasteiger partial charge in [-0.05, 0) is 64.5 Å². The van der Waals surface area contributed by atoms with Crippen molar-refractivity contribution in [3.8, 4) is 0 Å². The first-order valence-electron chi connectivity index (χ1n) is 13.5. The quantitative estimate of drug-likeness (QED) is 0.422. The van der Waals surface area contributed by atoms with E-state index in [9.17, 15) is 19.2 Å². The van der Waals surface area contributed by atoms with Crippen molar-refractivity contribution in [3.05, 3.63) is 35.4 Å². The average Bonchev–Trinajstić information content (AvgIpc) is 2.98. The molecule has 0 spiro atoms. The lowest BCUT2D eigenvalue weighted by molar-refractivity contribution is 0.0409.